The number of hydrogen-bond donors (Lipinski definition) is 1. The van der Waals surface area contributed by atoms with Crippen molar-refractivity contribution < 1.29 is 5.11 Å². The van der Waals surface area contributed by atoms with Gasteiger partial charge in [-0.05, 0) is 30.6 Å². The Balaban J connectivity index is 2.07. The maximum Gasteiger partial charge on any atom is 0.290 e. The van der Waals surface area contributed by atoms with E-state index >= 15 is 0 Å². The van der Waals surface area contributed by atoms with Crippen molar-refractivity contribution in [1.82, 2.24) is 9.55 Å². The van der Waals surface area contributed by atoms with E-state index in [0.29, 0.717) is 10.5 Å². The number of thiazole rings is 2. The lowest BCUT2D eigenvalue weighted by Crippen LogP contribution is -1.91. The van der Waals surface area contributed by atoms with E-state index in [0.717, 1.165) is 20.8 Å². The lowest BCUT2D eigenvalue weighted by molar-refractivity contribution is 0.422. The van der Waals surface area contributed by atoms with E-state index < -0.39 is 0 Å². The Morgan fingerprint density at radius 2 is 2.04 bits per heavy atom. The molecule has 4 rings (SSSR count). The molecule has 0 spiro atoms. The molecular weight excluding hydrogens is 344 g/mol. The topological polar surface area (TPSA) is 38.0 Å². The third kappa shape index (κ3) is 2.13. The molecule has 0 aliphatic heterocycles. The van der Waals surface area contributed by atoms with Crippen molar-refractivity contribution in [3.05, 3.63) is 40.4 Å². The summed E-state index contributed by atoms with van der Waals surface area (Å²) in [5.41, 5.74) is 1.03. The van der Waals surface area contributed by atoms with Gasteiger partial charge in [0.1, 0.15) is 11.8 Å². The second-order valence-corrected chi connectivity index (χ2v) is 8.82. The standard InChI is InChI=1S/C17H14N2OS3/c1-3-19-16(20)14(22-17(19)21)15-18-13-11-7-5-4-6-10(11)8-9-12(13)23(15)2/h4-9H,3H2,1-2H3/p+1. The minimum atomic E-state index is -0.159. The summed E-state index contributed by atoms with van der Waals surface area (Å²) >= 11 is 6.81. The van der Waals surface area contributed by atoms with Gasteiger partial charge in [-0.2, -0.15) is 4.98 Å². The van der Waals surface area contributed by atoms with Crippen LogP contribution in [0.25, 0.3) is 30.9 Å². The van der Waals surface area contributed by atoms with E-state index in [1.807, 2.05) is 19.1 Å². The molecule has 2 aromatic heterocycles. The second kappa shape index (κ2) is 5.40. The van der Waals surface area contributed by atoms with Gasteiger partial charge in [0.2, 0.25) is 10.6 Å². The molecule has 116 valence electrons. The maximum absolute atomic E-state index is 10.5. The fraction of sp³-hybridized carbons (Fsp3) is 0.176. The number of fused-ring (bicyclic) bond motifs is 3. The highest BCUT2D eigenvalue weighted by Crippen LogP contribution is 2.46. The highest BCUT2D eigenvalue weighted by molar-refractivity contribution is 7.73. The first kappa shape index (κ1) is 14.8. The summed E-state index contributed by atoms with van der Waals surface area (Å²) in [7, 11) is -0.159. The molecule has 6 heteroatoms. The third-order valence-corrected chi connectivity index (χ3v) is 7.52. The van der Waals surface area contributed by atoms with Gasteiger partial charge >= 0.3 is 0 Å². The molecule has 1 N–H and O–H groups in total. The minimum Gasteiger partial charge on any atom is -0.493 e. The van der Waals surface area contributed by atoms with Crippen LogP contribution in [0.15, 0.2) is 36.4 Å². The lowest BCUT2D eigenvalue weighted by atomic mass is 10.1. The van der Waals surface area contributed by atoms with Gasteiger partial charge in [-0.25, -0.2) is 0 Å². The van der Waals surface area contributed by atoms with Crippen LogP contribution in [0.1, 0.15) is 6.92 Å². The molecule has 2 heterocycles. The van der Waals surface area contributed by atoms with Crippen LogP contribution >= 0.6 is 34.0 Å². The summed E-state index contributed by atoms with van der Waals surface area (Å²) in [5.74, 6) is 0.248. The van der Waals surface area contributed by atoms with E-state index in [1.54, 1.807) is 4.57 Å². The quantitative estimate of drug-likeness (QED) is 0.371. The first-order valence-corrected chi connectivity index (χ1v) is 10.2. The van der Waals surface area contributed by atoms with E-state index in [-0.39, 0.29) is 16.3 Å². The number of aromatic nitrogens is 2. The van der Waals surface area contributed by atoms with Crippen molar-refractivity contribution in [2.45, 2.75) is 13.5 Å². The molecule has 0 amide bonds. The molecule has 4 aromatic rings. The van der Waals surface area contributed by atoms with Crippen LogP contribution in [0.3, 0.4) is 0 Å². The number of benzene rings is 2. The Bertz CT molecular complexity index is 1100. The van der Waals surface area contributed by atoms with Crippen molar-refractivity contribution >= 4 is 55.0 Å². The van der Waals surface area contributed by atoms with Crippen LogP contribution in [0, 0.1) is 3.95 Å². The second-order valence-electron chi connectivity index (χ2n) is 5.33. The van der Waals surface area contributed by atoms with Crippen molar-refractivity contribution in [3.8, 4) is 15.8 Å². The Labute approximate surface area is 145 Å². The predicted molar refractivity (Wildman–Crippen MR) is 102 cm³/mol. The summed E-state index contributed by atoms with van der Waals surface area (Å²) in [5, 5.41) is 13.8. The number of hydrogen-bond acceptors (Lipinski definition) is 4. The van der Waals surface area contributed by atoms with E-state index in [1.165, 1.54) is 21.4 Å². The summed E-state index contributed by atoms with van der Waals surface area (Å²) in [6.07, 6.45) is 2.16. The molecule has 2 aromatic carbocycles. The van der Waals surface area contributed by atoms with Crippen LogP contribution < -0.4 is 0 Å². The highest BCUT2D eigenvalue weighted by Gasteiger charge is 2.27. The van der Waals surface area contributed by atoms with Crippen LogP contribution in [-0.4, -0.2) is 14.7 Å². The van der Waals surface area contributed by atoms with Crippen LogP contribution in [0.5, 0.6) is 5.88 Å². The van der Waals surface area contributed by atoms with Gasteiger partial charge < -0.3 is 5.11 Å². The zero-order valence-electron chi connectivity index (χ0n) is 12.7. The molecule has 0 fully saturated rings. The van der Waals surface area contributed by atoms with Gasteiger partial charge in [0, 0.05) is 28.5 Å². The van der Waals surface area contributed by atoms with Crippen LogP contribution in [0.2, 0.25) is 0 Å². The number of nitrogens with zero attached hydrogens (tertiary/aromatic N) is 2. The number of rotatable bonds is 2. The first-order chi connectivity index (χ1) is 11.1. The van der Waals surface area contributed by atoms with Gasteiger partial charge in [-0.3, -0.25) is 4.57 Å². The number of aryl methyl sites for hydroxylation is 1. The summed E-state index contributed by atoms with van der Waals surface area (Å²) in [6.45, 7) is 2.65. The van der Waals surface area contributed by atoms with Crippen molar-refractivity contribution in [2.24, 2.45) is 6.26 Å². The maximum atomic E-state index is 10.5. The first-order valence-electron chi connectivity index (χ1n) is 7.31. The van der Waals surface area contributed by atoms with E-state index in [9.17, 15) is 5.11 Å². The monoisotopic (exact) mass is 359 g/mol. The summed E-state index contributed by atoms with van der Waals surface area (Å²) in [6, 6.07) is 12.6. The summed E-state index contributed by atoms with van der Waals surface area (Å²) in [4.78, 5) is 5.71. The molecule has 3 nitrogen and oxygen atoms in total. The lowest BCUT2D eigenvalue weighted by Gasteiger charge is -1.97. The predicted octanol–water partition coefficient (Wildman–Crippen LogP) is 5.66. The molecule has 0 aliphatic carbocycles. The molecule has 23 heavy (non-hydrogen) atoms. The number of aromatic hydroxyl groups is 1. The smallest absolute Gasteiger partial charge is 0.290 e. The average molecular weight is 360 g/mol. The van der Waals surface area contributed by atoms with Crippen molar-refractivity contribution in [2.75, 3.05) is 0 Å². The highest BCUT2D eigenvalue weighted by atomic mass is 32.2. The normalized spacial score (nSPS) is 12.3. The van der Waals surface area contributed by atoms with E-state index in [2.05, 4.69) is 30.5 Å². The molecule has 0 saturated heterocycles. The Morgan fingerprint density at radius 1 is 1.26 bits per heavy atom. The van der Waals surface area contributed by atoms with Gasteiger partial charge in [-0.15, -0.1) is 0 Å². The van der Waals surface area contributed by atoms with Gasteiger partial charge in [0.15, 0.2) is 8.83 Å². The fourth-order valence-corrected chi connectivity index (χ4v) is 6.20. The Morgan fingerprint density at radius 3 is 2.78 bits per heavy atom. The molecule has 0 radical (unpaired) electrons. The van der Waals surface area contributed by atoms with E-state index in [4.69, 9.17) is 17.2 Å². The largest absolute Gasteiger partial charge is 0.493 e. The zero-order chi connectivity index (χ0) is 16.1. The third-order valence-electron chi connectivity index (χ3n) is 4.08. The van der Waals surface area contributed by atoms with Crippen LogP contribution in [-0.2, 0) is 12.8 Å². The molecule has 1 unspecified atom stereocenters. The molecule has 0 saturated carbocycles. The van der Waals surface area contributed by atoms with Crippen LogP contribution in [0.4, 0.5) is 0 Å². The zero-order valence-corrected chi connectivity index (χ0v) is 15.2. The Hall–Kier alpha value is -1.76. The Kier molecular flexibility index (Phi) is 3.48. The van der Waals surface area contributed by atoms with Crippen molar-refractivity contribution in [3.63, 3.8) is 0 Å². The van der Waals surface area contributed by atoms with Crippen molar-refractivity contribution in [1.29, 1.82) is 0 Å². The molecular formula is C17H15N2OS3+. The van der Waals surface area contributed by atoms with Gasteiger partial charge in [0.25, 0.3) is 5.01 Å². The minimum absolute atomic E-state index is 0.159. The summed E-state index contributed by atoms with van der Waals surface area (Å²) < 4.78 is 3.69. The van der Waals surface area contributed by atoms with Gasteiger partial charge in [-0.1, -0.05) is 35.6 Å². The molecule has 1 atom stereocenters. The van der Waals surface area contributed by atoms with Gasteiger partial charge in [0.05, 0.1) is 0 Å². The average Bonchev–Trinajstić information content (AvgIpc) is 3.04. The molecule has 0 aliphatic rings. The fourth-order valence-electron chi connectivity index (χ4n) is 2.88. The molecule has 0 bridgehead atoms. The SMILES string of the molecule is CCn1c(O)c(-c2nc3c4ccccc4ccc3[s+]2C)sc1=S.